The van der Waals surface area contributed by atoms with Gasteiger partial charge in [0.1, 0.15) is 24.5 Å². The maximum Gasteiger partial charge on any atom is 0.333 e. The number of carbonyl (C=O) groups is 1. The molecule has 3 aromatic carbocycles. The summed E-state index contributed by atoms with van der Waals surface area (Å²) in [7, 11) is 1.79. The van der Waals surface area contributed by atoms with E-state index in [0.29, 0.717) is 24.1 Å². The normalized spacial score (nSPS) is 14.6. The highest BCUT2D eigenvalue weighted by Gasteiger charge is 2.31. The third kappa shape index (κ3) is 7.40. The molecule has 48 heavy (non-hydrogen) atoms. The topological polar surface area (TPSA) is 87.8 Å². The van der Waals surface area contributed by atoms with E-state index in [4.69, 9.17) is 19.2 Å². The molecule has 0 radical (unpaired) electrons. The van der Waals surface area contributed by atoms with E-state index < -0.39 is 5.60 Å². The van der Waals surface area contributed by atoms with Crippen LogP contribution in [-0.4, -0.2) is 38.8 Å². The molecule has 1 aliphatic rings. The van der Waals surface area contributed by atoms with Gasteiger partial charge in [-0.25, -0.2) is 4.79 Å². The first-order valence-corrected chi connectivity index (χ1v) is 16.6. The number of rotatable bonds is 10. The summed E-state index contributed by atoms with van der Waals surface area (Å²) in [6.07, 6.45) is 1.79. The number of aromatic nitrogens is 3. The molecule has 1 fully saturated rings. The number of hydrogen-bond donors (Lipinski definition) is 0. The van der Waals surface area contributed by atoms with Gasteiger partial charge in [0.2, 0.25) is 11.8 Å². The number of carbonyl (C=O) groups excluding carboxylic acids is 1. The summed E-state index contributed by atoms with van der Waals surface area (Å²) in [6.45, 7) is 9.99. The van der Waals surface area contributed by atoms with Crippen LogP contribution in [0.2, 0.25) is 0 Å². The third-order valence-corrected chi connectivity index (χ3v) is 8.93. The zero-order valence-corrected chi connectivity index (χ0v) is 28.4. The number of ether oxygens (including phenoxy) is 3. The quantitative estimate of drug-likeness (QED) is 0.150. The van der Waals surface area contributed by atoms with Crippen molar-refractivity contribution in [2.24, 2.45) is 18.9 Å². The van der Waals surface area contributed by atoms with E-state index in [1.165, 1.54) is 0 Å². The monoisotopic (exact) mass is 648 g/mol. The van der Waals surface area contributed by atoms with Crippen molar-refractivity contribution < 1.29 is 19.0 Å². The minimum Gasteiger partial charge on any atom is -0.473 e. The van der Waals surface area contributed by atoms with Crippen LogP contribution in [0.1, 0.15) is 51.7 Å². The average molecular weight is 649 g/mol. The van der Waals surface area contributed by atoms with E-state index in [-0.39, 0.29) is 30.1 Å². The van der Waals surface area contributed by atoms with Crippen molar-refractivity contribution in [2.75, 3.05) is 18.0 Å². The zero-order valence-electron chi connectivity index (χ0n) is 28.4. The number of hydrogen-bond acceptors (Lipinski definition) is 7. The summed E-state index contributed by atoms with van der Waals surface area (Å²) in [5.41, 5.74) is 4.47. The Morgan fingerprint density at radius 2 is 1.48 bits per heavy atom. The summed E-state index contributed by atoms with van der Waals surface area (Å²) in [4.78, 5) is 33.6. The minimum atomic E-state index is -0.489. The van der Waals surface area contributed by atoms with Crippen molar-refractivity contribution in [3.05, 3.63) is 113 Å². The summed E-state index contributed by atoms with van der Waals surface area (Å²) in [6, 6.07) is 29.5. The Kier molecular flexibility index (Phi) is 9.57. The highest BCUT2D eigenvalue weighted by atomic mass is 16.6. The van der Waals surface area contributed by atoms with Gasteiger partial charge >= 0.3 is 11.7 Å². The Hall–Kier alpha value is -5.05. The lowest BCUT2D eigenvalue weighted by atomic mass is 9.85. The summed E-state index contributed by atoms with van der Waals surface area (Å²) in [5, 5.41) is 0. The van der Waals surface area contributed by atoms with Crippen molar-refractivity contribution in [2.45, 2.75) is 59.4 Å². The summed E-state index contributed by atoms with van der Waals surface area (Å²) < 4.78 is 21.3. The van der Waals surface area contributed by atoms with Gasteiger partial charge in [-0.1, -0.05) is 67.6 Å². The number of esters is 1. The summed E-state index contributed by atoms with van der Waals surface area (Å²) in [5.74, 6) is 0.712. The molecule has 0 bridgehead atoms. The van der Waals surface area contributed by atoms with Gasteiger partial charge in [0, 0.05) is 31.9 Å². The predicted octanol–water partition coefficient (Wildman–Crippen LogP) is 7.08. The number of pyridine rings is 1. The molecule has 9 nitrogen and oxygen atoms in total. The molecule has 0 unspecified atom stereocenters. The largest absolute Gasteiger partial charge is 0.473 e. The Labute approximate surface area is 281 Å². The van der Waals surface area contributed by atoms with Crippen LogP contribution in [0, 0.1) is 11.8 Å². The second kappa shape index (κ2) is 14.0. The molecule has 0 N–H and O–H groups in total. The minimum absolute atomic E-state index is 0.129. The van der Waals surface area contributed by atoms with Gasteiger partial charge in [-0.15, -0.1) is 0 Å². The van der Waals surface area contributed by atoms with Gasteiger partial charge in [-0.2, -0.15) is 4.98 Å². The highest BCUT2D eigenvalue weighted by molar-refractivity contribution is 5.82. The van der Waals surface area contributed by atoms with E-state index in [1.807, 2.05) is 100 Å². The van der Waals surface area contributed by atoms with E-state index in [2.05, 4.69) is 17.0 Å². The second-order valence-corrected chi connectivity index (χ2v) is 13.5. The Bertz CT molecular complexity index is 1920. The van der Waals surface area contributed by atoms with Crippen molar-refractivity contribution in [1.29, 1.82) is 0 Å². The van der Waals surface area contributed by atoms with E-state index in [0.717, 1.165) is 53.8 Å². The Morgan fingerprint density at radius 3 is 2.10 bits per heavy atom. The fourth-order valence-electron chi connectivity index (χ4n) is 6.23. The van der Waals surface area contributed by atoms with Crippen molar-refractivity contribution in [1.82, 2.24) is 14.1 Å². The van der Waals surface area contributed by atoms with Crippen LogP contribution in [0.5, 0.6) is 11.8 Å². The van der Waals surface area contributed by atoms with Gasteiger partial charge in [-0.3, -0.25) is 13.9 Å². The fourth-order valence-corrected chi connectivity index (χ4v) is 6.23. The molecule has 1 saturated heterocycles. The smallest absolute Gasteiger partial charge is 0.333 e. The molecular formula is C39H44N4O5. The van der Waals surface area contributed by atoms with Crippen LogP contribution in [0.25, 0.3) is 16.7 Å². The summed E-state index contributed by atoms with van der Waals surface area (Å²) >= 11 is 0. The molecule has 0 amide bonds. The average Bonchev–Trinajstić information content (AvgIpc) is 3.34. The molecule has 0 spiro atoms. The lowest BCUT2D eigenvalue weighted by Gasteiger charge is -2.36. The van der Waals surface area contributed by atoms with Crippen LogP contribution < -0.4 is 20.1 Å². The molecule has 0 saturated carbocycles. The maximum atomic E-state index is 13.8. The number of piperidine rings is 1. The SMILES string of the molecule is C[C@@H](C(=O)OC(C)(C)C)C1CCN(c2ccc3c(c2)n(C)c(=O)n3-c2ccc(OCc3ccccc3)nc2OCc2ccccc2)CC1. The first-order chi connectivity index (χ1) is 23.1. The van der Waals surface area contributed by atoms with Crippen LogP contribution in [-0.2, 0) is 29.8 Å². The first-order valence-electron chi connectivity index (χ1n) is 16.6. The lowest BCUT2D eigenvalue weighted by Crippen LogP contribution is -2.39. The van der Waals surface area contributed by atoms with Crippen molar-refractivity contribution in [3.8, 4) is 17.4 Å². The first kappa shape index (κ1) is 32.9. The highest BCUT2D eigenvalue weighted by Crippen LogP contribution is 2.33. The molecule has 5 aromatic rings. The van der Waals surface area contributed by atoms with Gasteiger partial charge in [0.05, 0.1) is 17.0 Å². The third-order valence-electron chi connectivity index (χ3n) is 8.93. The number of fused-ring (bicyclic) bond motifs is 1. The zero-order chi connectivity index (χ0) is 33.8. The molecule has 0 aliphatic carbocycles. The maximum absolute atomic E-state index is 13.8. The number of nitrogens with zero attached hydrogens (tertiary/aromatic N) is 4. The van der Waals surface area contributed by atoms with E-state index >= 15 is 0 Å². The van der Waals surface area contributed by atoms with Crippen molar-refractivity contribution >= 4 is 22.7 Å². The van der Waals surface area contributed by atoms with Crippen LogP contribution in [0.4, 0.5) is 5.69 Å². The van der Waals surface area contributed by atoms with Gasteiger partial charge in [0.25, 0.3) is 0 Å². The second-order valence-electron chi connectivity index (χ2n) is 13.5. The van der Waals surface area contributed by atoms with Gasteiger partial charge < -0.3 is 19.1 Å². The molecule has 9 heteroatoms. The standard InChI is InChI=1S/C39H44N4O5/c1-27(37(44)48-39(2,3)4)30-20-22-42(23-21-30)31-16-17-32-34(24-31)41(5)38(45)43(32)33-18-19-35(46-25-28-12-8-6-9-13-28)40-36(33)47-26-29-14-10-7-11-15-29/h6-19,24,27,30H,20-23,25-26H2,1-5H3/t27-/m1/s1. The molecular weight excluding hydrogens is 604 g/mol. The molecule has 1 aliphatic heterocycles. The molecule has 6 rings (SSSR count). The molecule has 1 atom stereocenters. The number of imidazole rings is 1. The van der Waals surface area contributed by atoms with Crippen molar-refractivity contribution in [3.63, 3.8) is 0 Å². The lowest BCUT2D eigenvalue weighted by molar-refractivity contribution is -0.161. The van der Waals surface area contributed by atoms with Crippen LogP contribution in [0.15, 0.2) is 95.8 Å². The van der Waals surface area contributed by atoms with Crippen LogP contribution in [0.3, 0.4) is 0 Å². The van der Waals surface area contributed by atoms with E-state index in [9.17, 15) is 9.59 Å². The Balaban J connectivity index is 1.25. The number of anilines is 1. The van der Waals surface area contributed by atoms with Gasteiger partial charge in [-0.05, 0) is 74.9 Å². The fraction of sp³-hybridized carbons (Fsp3) is 0.359. The van der Waals surface area contributed by atoms with Crippen LogP contribution >= 0.6 is 0 Å². The Morgan fingerprint density at radius 1 is 0.854 bits per heavy atom. The number of aryl methyl sites for hydroxylation is 1. The molecule has 2 aromatic heterocycles. The predicted molar refractivity (Wildman–Crippen MR) is 188 cm³/mol. The molecule has 3 heterocycles. The molecule has 250 valence electrons. The van der Waals surface area contributed by atoms with E-state index in [1.54, 1.807) is 22.2 Å². The van der Waals surface area contributed by atoms with Gasteiger partial charge in [0.15, 0.2) is 0 Å². The number of benzene rings is 3.